The maximum absolute atomic E-state index is 13.1. The first kappa shape index (κ1) is 20.3. The normalized spacial score (nSPS) is 16.4. The first-order chi connectivity index (χ1) is 13.0. The molecule has 2 aromatic rings. The lowest BCUT2D eigenvalue weighted by molar-refractivity contribution is 0.181. The van der Waals surface area contributed by atoms with Gasteiger partial charge in [-0.3, -0.25) is 4.90 Å². The summed E-state index contributed by atoms with van der Waals surface area (Å²) in [5.41, 5.74) is 0. The van der Waals surface area contributed by atoms with Gasteiger partial charge in [-0.15, -0.1) is 10.2 Å². The number of aromatic nitrogens is 2. The second-order valence-corrected chi connectivity index (χ2v) is 9.88. The van der Waals surface area contributed by atoms with Gasteiger partial charge in [0, 0.05) is 32.2 Å². The van der Waals surface area contributed by atoms with Crippen molar-refractivity contribution in [3.05, 3.63) is 23.2 Å². The van der Waals surface area contributed by atoms with Crippen LogP contribution < -0.4 is 9.47 Å². The highest BCUT2D eigenvalue weighted by molar-refractivity contribution is 8.00. The van der Waals surface area contributed by atoms with Crippen LogP contribution >= 0.6 is 23.1 Å². The average molecular weight is 431 g/mol. The number of sulfonamides is 1. The van der Waals surface area contributed by atoms with Gasteiger partial charge < -0.3 is 9.47 Å². The summed E-state index contributed by atoms with van der Waals surface area (Å²) in [7, 11) is -0.692. The number of rotatable bonds is 7. The number of methoxy groups -OCH3 is 2. The van der Waals surface area contributed by atoms with Crippen LogP contribution in [0.4, 0.5) is 0 Å². The Morgan fingerprint density at radius 2 is 1.89 bits per heavy atom. The third-order valence-electron chi connectivity index (χ3n) is 4.30. The van der Waals surface area contributed by atoms with E-state index in [-0.39, 0.29) is 4.90 Å². The lowest BCUT2D eigenvalue weighted by Gasteiger charge is -2.33. The number of benzene rings is 1. The van der Waals surface area contributed by atoms with Crippen LogP contribution in [0.3, 0.4) is 0 Å². The Hall–Kier alpha value is -1.40. The molecule has 11 heteroatoms. The van der Waals surface area contributed by atoms with Crippen molar-refractivity contribution in [1.29, 1.82) is 0 Å². The summed E-state index contributed by atoms with van der Waals surface area (Å²) in [5.74, 6) is 0.797. The molecule has 2 heterocycles. The van der Waals surface area contributed by atoms with Crippen LogP contribution in [0.25, 0.3) is 0 Å². The Balaban J connectivity index is 1.69. The molecule has 1 aromatic heterocycles. The third-order valence-corrected chi connectivity index (χ3v) is 8.11. The maximum atomic E-state index is 13.1. The molecule has 3 rings (SSSR count). The van der Waals surface area contributed by atoms with Crippen LogP contribution in [0.2, 0.25) is 0 Å². The number of thioether (sulfide) groups is 1. The maximum Gasteiger partial charge on any atom is 0.246 e. The summed E-state index contributed by atoms with van der Waals surface area (Å²) in [5, 5.41) is 9.23. The zero-order valence-electron chi connectivity index (χ0n) is 15.4. The standard InChI is InChI=1S/C16H22N4O4S3/c1-23-12-4-5-13(24-2)14(10-12)27(21,22)20-8-6-19(7-9-20)11-15-17-18-16(25-3)26-15/h4-5,10H,6-9,11H2,1-3H3. The molecule has 0 bridgehead atoms. The van der Waals surface area contributed by atoms with E-state index in [1.807, 2.05) is 6.26 Å². The zero-order valence-corrected chi connectivity index (χ0v) is 17.9. The molecule has 148 valence electrons. The summed E-state index contributed by atoms with van der Waals surface area (Å²) in [6.07, 6.45) is 1.97. The van der Waals surface area contributed by atoms with E-state index in [0.717, 1.165) is 9.35 Å². The van der Waals surface area contributed by atoms with E-state index >= 15 is 0 Å². The average Bonchev–Trinajstić information content (AvgIpc) is 3.15. The second-order valence-electron chi connectivity index (χ2n) is 5.86. The first-order valence-corrected chi connectivity index (χ1v) is 11.8. The molecule has 1 aliphatic heterocycles. The molecule has 8 nitrogen and oxygen atoms in total. The molecule has 0 spiro atoms. The molecule has 27 heavy (non-hydrogen) atoms. The van der Waals surface area contributed by atoms with Gasteiger partial charge in [-0.2, -0.15) is 4.31 Å². The van der Waals surface area contributed by atoms with Gasteiger partial charge in [0.1, 0.15) is 21.4 Å². The van der Waals surface area contributed by atoms with Crippen molar-refractivity contribution in [2.75, 3.05) is 46.7 Å². The minimum Gasteiger partial charge on any atom is -0.497 e. The molecule has 1 fully saturated rings. The fourth-order valence-corrected chi connectivity index (χ4v) is 5.78. The molecule has 0 N–H and O–H groups in total. The van der Waals surface area contributed by atoms with Crippen LogP contribution in [-0.4, -0.2) is 74.5 Å². The molecule has 0 atom stereocenters. The van der Waals surface area contributed by atoms with Crippen LogP contribution in [-0.2, 0) is 16.6 Å². The van der Waals surface area contributed by atoms with Gasteiger partial charge in [0.2, 0.25) is 10.0 Å². The van der Waals surface area contributed by atoms with Crippen molar-refractivity contribution < 1.29 is 17.9 Å². The molecule has 0 saturated carbocycles. The van der Waals surface area contributed by atoms with E-state index in [4.69, 9.17) is 9.47 Å². The fraction of sp³-hybridized carbons (Fsp3) is 0.500. The quantitative estimate of drug-likeness (QED) is 0.615. The molecule has 1 aromatic carbocycles. The minimum absolute atomic E-state index is 0.131. The second kappa shape index (κ2) is 8.74. The lowest BCUT2D eigenvalue weighted by atomic mass is 10.3. The predicted molar refractivity (Wildman–Crippen MR) is 105 cm³/mol. The third kappa shape index (κ3) is 4.54. The van der Waals surface area contributed by atoms with Gasteiger partial charge in [-0.25, -0.2) is 8.42 Å². The van der Waals surface area contributed by atoms with E-state index < -0.39 is 10.0 Å². The molecule has 0 unspecified atom stereocenters. The van der Waals surface area contributed by atoms with Crippen LogP contribution in [0, 0.1) is 0 Å². The van der Waals surface area contributed by atoms with Gasteiger partial charge in [-0.05, 0) is 18.4 Å². The Bertz CT molecular complexity index is 880. The van der Waals surface area contributed by atoms with E-state index in [9.17, 15) is 8.42 Å². The summed E-state index contributed by atoms with van der Waals surface area (Å²) in [6.45, 7) is 2.79. The summed E-state index contributed by atoms with van der Waals surface area (Å²) < 4.78 is 39.0. The fourth-order valence-electron chi connectivity index (χ4n) is 2.83. The van der Waals surface area contributed by atoms with Gasteiger partial charge in [0.15, 0.2) is 4.34 Å². The Labute approximate surface area is 167 Å². The molecule has 1 saturated heterocycles. The van der Waals surface area contributed by atoms with Crippen molar-refractivity contribution in [2.24, 2.45) is 0 Å². The van der Waals surface area contributed by atoms with Gasteiger partial charge >= 0.3 is 0 Å². The van der Waals surface area contributed by atoms with Crippen molar-refractivity contribution in [2.45, 2.75) is 15.8 Å². The van der Waals surface area contributed by atoms with E-state index in [1.165, 1.54) is 24.6 Å². The number of hydrogen-bond donors (Lipinski definition) is 0. The van der Waals surface area contributed by atoms with E-state index in [0.29, 0.717) is 44.2 Å². The smallest absolute Gasteiger partial charge is 0.246 e. The van der Waals surface area contributed by atoms with Crippen molar-refractivity contribution in [3.63, 3.8) is 0 Å². The Kier molecular flexibility index (Phi) is 6.58. The predicted octanol–water partition coefficient (Wildman–Crippen LogP) is 1.78. The molecule has 0 radical (unpaired) electrons. The highest BCUT2D eigenvalue weighted by Gasteiger charge is 2.31. The molecular formula is C16H22N4O4S3. The monoisotopic (exact) mass is 430 g/mol. The lowest BCUT2D eigenvalue weighted by Crippen LogP contribution is -2.48. The summed E-state index contributed by atoms with van der Waals surface area (Å²) in [4.78, 5) is 2.32. The highest BCUT2D eigenvalue weighted by atomic mass is 32.2. The number of ether oxygens (including phenoxy) is 2. The number of nitrogens with zero attached hydrogens (tertiary/aromatic N) is 4. The van der Waals surface area contributed by atoms with Crippen molar-refractivity contribution >= 4 is 33.1 Å². The van der Waals surface area contributed by atoms with Crippen molar-refractivity contribution in [1.82, 2.24) is 19.4 Å². The van der Waals surface area contributed by atoms with E-state index in [1.54, 1.807) is 35.2 Å². The number of piperazine rings is 1. The topological polar surface area (TPSA) is 84.9 Å². The van der Waals surface area contributed by atoms with Crippen molar-refractivity contribution in [3.8, 4) is 11.5 Å². The van der Waals surface area contributed by atoms with Crippen LogP contribution in [0.1, 0.15) is 5.01 Å². The van der Waals surface area contributed by atoms with Gasteiger partial charge in [0.05, 0.1) is 20.8 Å². The minimum atomic E-state index is -3.66. The molecular weight excluding hydrogens is 408 g/mol. The largest absolute Gasteiger partial charge is 0.497 e. The highest BCUT2D eigenvalue weighted by Crippen LogP contribution is 2.31. The van der Waals surface area contributed by atoms with E-state index in [2.05, 4.69) is 15.1 Å². The number of hydrogen-bond acceptors (Lipinski definition) is 9. The zero-order chi connectivity index (χ0) is 19.4. The summed E-state index contributed by atoms with van der Waals surface area (Å²) in [6, 6.07) is 4.80. The van der Waals surface area contributed by atoms with Crippen LogP contribution in [0.15, 0.2) is 27.4 Å². The van der Waals surface area contributed by atoms with Crippen LogP contribution in [0.5, 0.6) is 11.5 Å². The molecule has 1 aliphatic rings. The Morgan fingerprint density at radius 1 is 1.15 bits per heavy atom. The molecule has 0 aliphatic carbocycles. The van der Waals surface area contributed by atoms with Gasteiger partial charge in [-0.1, -0.05) is 23.1 Å². The van der Waals surface area contributed by atoms with Gasteiger partial charge in [0.25, 0.3) is 0 Å². The molecule has 0 amide bonds. The first-order valence-electron chi connectivity index (χ1n) is 8.29. The summed E-state index contributed by atoms with van der Waals surface area (Å²) >= 11 is 3.15. The Morgan fingerprint density at radius 3 is 2.48 bits per heavy atom. The SMILES string of the molecule is COc1ccc(OC)c(S(=O)(=O)N2CCN(Cc3nnc(SC)s3)CC2)c1.